The second-order valence-corrected chi connectivity index (χ2v) is 4.82. The van der Waals surface area contributed by atoms with Gasteiger partial charge in [-0.2, -0.15) is 0 Å². The average Bonchev–Trinajstić information content (AvgIpc) is 2.80. The summed E-state index contributed by atoms with van der Waals surface area (Å²) >= 11 is 0. The Labute approximate surface area is 105 Å². The third-order valence-corrected chi connectivity index (χ3v) is 3.39. The van der Waals surface area contributed by atoms with Gasteiger partial charge in [0.15, 0.2) is 0 Å². The highest BCUT2D eigenvalue weighted by atomic mass is 16.2. The van der Waals surface area contributed by atoms with Crippen molar-refractivity contribution in [1.82, 2.24) is 15.5 Å². The van der Waals surface area contributed by atoms with Gasteiger partial charge in [-0.1, -0.05) is 26.7 Å². The molecule has 17 heavy (non-hydrogen) atoms. The molecule has 4 heteroatoms. The van der Waals surface area contributed by atoms with E-state index < -0.39 is 0 Å². The summed E-state index contributed by atoms with van der Waals surface area (Å²) in [6, 6.07) is 0.414. The molecule has 0 saturated heterocycles. The molecule has 1 fully saturated rings. The van der Waals surface area contributed by atoms with Crippen molar-refractivity contribution in [2.75, 3.05) is 26.2 Å². The standard InChI is InChI=1S/C13H27N3O/c1-3-10-16(4-2)11-9-14-13(17)15-12-7-5-6-8-12/h12H,3-11H2,1-2H3,(H2,14,15,17). The number of likely N-dealkylation sites (N-methyl/N-ethyl adjacent to an activating group) is 1. The van der Waals surface area contributed by atoms with Crippen LogP contribution < -0.4 is 10.6 Å². The van der Waals surface area contributed by atoms with Crippen LogP contribution in [0.2, 0.25) is 0 Å². The van der Waals surface area contributed by atoms with Gasteiger partial charge in [0.2, 0.25) is 0 Å². The maximum Gasteiger partial charge on any atom is 0.315 e. The van der Waals surface area contributed by atoms with Crippen LogP contribution in [0.25, 0.3) is 0 Å². The lowest BCUT2D eigenvalue weighted by Gasteiger charge is -2.20. The van der Waals surface area contributed by atoms with Crippen LogP contribution in [0, 0.1) is 0 Å². The number of rotatable bonds is 7. The molecule has 0 aromatic rings. The Kier molecular flexibility index (Phi) is 7.01. The smallest absolute Gasteiger partial charge is 0.315 e. The van der Waals surface area contributed by atoms with Gasteiger partial charge in [0.05, 0.1) is 0 Å². The summed E-state index contributed by atoms with van der Waals surface area (Å²) in [6.07, 6.45) is 5.97. The normalized spacial score (nSPS) is 16.4. The first-order chi connectivity index (χ1) is 8.26. The lowest BCUT2D eigenvalue weighted by Crippen LogP contribution is -2.43. The Morgan fingerprint density at radius 2 is 1.94 bits per heavy atom. The molecular formula is C13H27N3O. The van der Waals surface area contributed by atoms with Gasteiger partial charge < -0.3 is 15.5 Å². The van der Waals surface area contributed by atoms with Crippen molar-refractivity contribution >= 4 is 6.03 Å². The minimum absolute atomic E-state index is 0.00412. The Morgan fingerprint density at radius 1 is 1.24 bits per heavy atom. The van der Waals surface area contributed by atoms with Crippen molar-refractivity contribution < 1.29 is 4.79 Å². The Balaban J connectivity index is 2.06. The van der Waals surface area contributed by atoms with Crippen LogP contribution >= 0.6 is 0 Å². The Morgan fingerprint density at radius 3 is 2.53 bits per heavy atom. The van der Waals surface area contributed by atoms with Gasteiger partial charge in [-0.15, -0.1) is 0 Å². The van der Waals surface area contributed by atoms with Crippen LogP contribution in [-0.2, 0) is 0 Å². The van der Waals surface area contributed by atoms with Gasteiger partial charge in [-0.3, -0.25) is 0 Å². The van der Waals surface area contributed by atoms with Crippen molar-refractivity contribution in [2.24, 2.45) is 0 Å². The molecule has 0 spiro atoms. The number of nitrogens with zero attached hydrogens (tertiary/aromatic N) is 1. The third-order valence-electron chi connectivity index (χ3n) is 3.39. The van der Waals surface area contributed by atoms with E-state index in [1.807, 2.05) is 0 Å². The van der Waals surface area contributed by atoms with E-state index >= 15 is 0 Å². The molecule has 0 heterocycles. The summed E-state index contributed by atoms with van der Waals surface area (Å²) in [6.45, 7) is 8.20. The second-order valence-electron chi connectivity index (χ2n) is 4.82. The topological polar surface area (TPSA) is 44.4 Å². The number of hydrogen-bond acceptors (Lipinski definition) is 2. The van der Waals surface area contributed by atoms with Crippen molar-refractivity contribution in [3.8, 4) is 0 Å². The molecule has 1 aliphatic rings. The van der Waals surface area contributed by atoms with E-state index in [4.69, 9.17) is 0 Å². The molecule has 0 aromatic carbocycles. The molecule has 2 N–H and O–H groups in total. The minimum Gasteiger partial charge on any atom is -0.337 e. The summed E-state index contributed by atoms with van der Waals surface area (Å²) in [5.41, 5.74) is 0. The lowest BCUT2D eigenvalue weighted by molar-refractivity contribution is 0.232. The third kappa shape index (κ3) is 5.91. The highest BCUT2D eigenvalue weighted by Crippen LogP contribution is 2.17. The van der Waals surface area contributed by atoms with Crippen molar-refractivity contribution in [3.63, 3.8) is 0 Å². The molecule has 0 unspecified atom stereocenters. The SMILES string of the molecule is CCCN(CC)CCNC(=O)NC1CCCC1. The van der Waals surface area contributed by atoms with Crippen molar-refractivity contribution in [3.05, 3.63) is 0 Å². The molecule has 0 bridgehead atoms. The number of hydrogen-bond donors (Lipinski definition) is 2. The Bertz CT molecular complexity index is 215. The fraction of sp³-hybridized carbons (Fsp3) is 0.923. The van der Waals surface area contributed by atoms with Gasteiger partial charge in [-0.05, 0) is 32.4 Å². The zero-order chi connectivity index (χ0) is 12.5. The lowest BCUT2D eigenvalue weighted by atomic mass is 10.2. The van der Waals surface area contributed by atoms with Crippen molar-refractivity contribution in [1.29, 1.82) is 0 Å². The maximum atomic E-state index is 11.6. The zero-order valence-corrected chi connectivity index (χ0v) is 11.3. The number of nitrogens with one attached hydrogen (secondary N) is 2. The maximum absolute atomic E-state index is 11.6. The number of carbonyl (C=O) groups is 1. The molecule has 2 amide bonds. The van der Waals surface area contributed by atoms with Gasteiger partial charge in [0.25, 0.3) is 0 Å². The molecular weight excluding hydrogens is 214 g/mol. The summed E-state index contributed by atoms with van der Waals surface area (Å²) in [7, 11) is 0. The van der Waals surface area contributed by atoms with E-state index in [1.165, 1.54) is 19.3 Å². The summed E-state index contributed by atoms with van der Waals surface area (Å²) in [4.78, 5) is 13.9. The molecule has 1 aliphatic carbocycles. The fourth-order valence-electron chi connectivity index (χ4n) is 2.38. The largest absolute Gasteiger partial charge is 0.337 e. The molecule has 1 saturated carbocycles. The van der Waals surface area contributed by atoms with E-state index in [0.29, 0.717) is 6.04 Å². The number of amides is 2. The molecule has 4 nitrogen and oxygen atoms in total. The first kappa shape index (κ1) is 14.3. The van der Waals surface area contributed by atoms with Crippen LogP contribution in [0.4, 0.5) is 4.79 Å². The fourth-order valence-corrected chi connectivity index (χ4v) is 2.38. The van der Waals surface area contributed by atoms with Crippen LogP contribution in [0.3, 0.4) is 0 Å². The molecule has 0 radical (unpaired) electrons. The van der Waals surface area contributed by atoms with E-state index in [-0.39, 0.29) is 6.03 Å². The van der Waals surface area contributed by atoms with Crippen LogP contribution in [0.15, 0.2) is 0 Å². The predicted octanol–water partition coefficient (Wildman–Crippen LogP) is 1.96. The van der Waals surface area contributed by atoms with Crippen molar-refractivity contribution in [2.45, 2.75) is 52.0 Å². The van der Waals surface area contributed by atoms with Crippen LogP contribution in [-0.4, -0.2) is 43.2 Å². The number of carbonyl (C=O) groups excluding carboxylic acids is 1. The quantitative estimate of drug-likeness (QED) is 0.715. The summed E-state index contributed by atoms with van der Waals surface area (Å²) < 4.78 is 0. The predicted molar refractivity (Wildman–Crippen MR) is 71.2 cm³/mol. The zero-order valence-electron chi connectivity index (χ0n) is 11.3. The minimum atomic E-state index is 0.00412. The molecule has 0 atom stereocenters. The monoisotopic (exact) mass is 241 g/mol. The van der Waals surface area contributed by atoms with Gasteiger partial charge in [0, 0.05) is 19.1 Å². The average molecular weight is 241 g/mol. The van der Waals surface area contributed by atoms with Gasteiger partial charge >= 0.3 is 6.03 Å². The highest BCUT2D eigenvalue weighted by Gasteiger charge is 2.16. The van der Waals surface area contributed by atoms with Crippen LogP contribution in [0.1, 0.15) is 46.0 Å². The van der Waals surface area contributed by atoms with E-state index in [9.17, 15) is 4.79 Å². The molecule has 0 aromatic heterocycles. The van der Waals surface area contributed by atoms with Gasteiger partial charge in [-0.25, -0.2) is 4.79 Å². The van der Waals surface area contributed by atoms with Gasteiger partial charge in [0.1, 0.15) is 0 Å². The summed E-state index contributed by atoms with van der Waals surface area (Å²) in [5, 5.41) is 5.98. The van der Waals surface area contributed by atoms with E-state index in [2.05, 4.69) is 29.4 Å². The molecule has 0 aliphatic heterocycles. The first-order valence-corrected chi connectivity index (χ1v) is 7.03. The first-order valence-electron chi connectivity index (χ1n) is 7.03. The Hall–Kier alpha value is -0.770. The van der Waals surface area contributed by atoms with Crippen LogP contribution in [0.5, 0.6) is 0 Å². The summed E-state index contributed by atoms with van der Waals surface area (Å²) in [5.74, 6) is 0. The number of urea groups is 1. The highest BCUT2D eigenvalue weighted by molar-refractivity contribution is 5.74. The molecule has 1 rings (SSSR count). The molecule has 100 valence electrons. The van der Waals surface area contributed by atoms with E-state index in [0.717, 1.165) is 39.0 Å². The van der Waals surface area contributed by atoms with E-state index in [1.54, 1.807) is 0 Å². The second kappa shape index (κ2) is 8.34.